The smallest absolute Gasteiger partial charge is 0.137 e. The maximum Gasteiger partial charge on any atom is 0.137 e. The third kappa shape index (κ3) is 2.76. The number of pyridine rings is 1. The molecule has 1 aromatic rings. The fraction of sp³-hybridized carbons (Fsp3) is 0.615. The molecule has 1 aliphatic rings. The molecular weight excluding hydrogens is 216 g/mol. The molecule has 2 rings (SSSR count). The van der Waals surface area contributed by atoms with E-state index >= 15 is 0 Å². The van der Waals surface area contributed by atoms with Crippen molar-refractivity contribution < 1.29 is 9.47 Å². The first-order valence-electron chi connectivity index (χ1n) is 6.17. The normalized spacial score (nSPS) is 25.8. The van der Waals surface area contributed by atoms with Crippen LogP contribution in [0.25, 0.3) is 0 Å². The van der Waals surface area contributed by atoms with Crippen LogP contribution < -0.4 is 10.5 Å². The summed E-state index contributed by atoms with van der Waals surface area (Å²) in [5.41, 5.74) is 7.31. The largest absolute Gasteiger partial charge is 0.492 e. The van der Waals surface area contributed by atoms with E-state index in [0.717, 1.165) is 24.3 Å². The average Bonchev–Trinajstić information content (AvgIpc) is 2.75. The Morgan fingerprint density at radius 3 is 3.06 bits per heavy atom. The van der Waals surface area contributed by atoms with Gasteiger partial charge in [-0.15, -0.1) is 0 Å². The molecular formula is C13H20N2O2. The van der Waals surface area contributed by atoms with Gasteiger partial charge in [0.2, 0.25) is 0 Å². The van der Waals surface area contributed by atoms with Crippen LogP contribution in [0.15, 0.2) is 18.5 Å². The monoisotopic (exact) mass is 236 g/mol. The van der Waals surface area contributed by atoms with Gasteiger partial charge in [-0.2, -0.15) is 0 Å². The zero-order valence-corrected chi connectivity index (χ0v) is 10.4. The summed E-state index contributed by atoms with van der Waals surface area (Å²) in [6, 6.07) is 1.95. The summed E-state index contributed by atoms with van der Waals surface area (Å²) < 4.78 is 11.0. The molecule has 1 aliphatic heterocycles. The van der Waals surface area contributed by atoms with Crippen molar-refractivity contribution in [2.45, 2.75) is 32.4 Å². The Morgan fingerprint density at radius 2 is 2.41 bits per heavy atom. The summed E-state index contributed by atoms with van der Waals surface area (Å²) in [5.74, 6) is 1.15. The van der Waals surface area contributed by atoms with Gasteiger partial charge in [0.15, 0.2) is 0 Å². The Bertz CT molecular complexity index is 370. The van der Waals surface area contributed by atoms with Crippen molar-refractivity contribution in [2.24, 2.45) is 11.7 Å². The minimum atomic E-state index is -0.0274. The Morgan fingerprint density at radius 1 is 1.59 bits per heavy atom. The van der Waals surface area contributed by atoms with E-state index in [9.17, 15) is 0 Å². The van der Waals surface area contributed by atoms with E-state index in [-0.39, 0.29) is 12.1 Å². The van der Waals surface area contributed by atoms with Gasteiger partial charge >= 0.3 is 0 Å². The van der Waals surface area contributed by atoms with Crippen molar-refractivity contribution in [3.8, 4) is 5.75 Å². The molecule has 1 saturated heterocycles. The molecule has 4 nitrogen and oxygen atoms in total. The molecule has 1 aromatic heterocycles. The number of aromatic nitrogens is 1. The first kappa shape index (κ1) is 12.3. The summed E-state index contributed by atoms with van der Waals surface area (Å²) in [4.78, 5) is 4.17. The molecule has 2 heterocycles. The summed E-state index contributed by atoms with van der Waals surface area (Å²) in [7, 11) is 0. The summed E-state index contributed by atoms with van der Waals surface area (Å²) in [5, 5.41) is 0. The molecule has 0 radical (unpaired) electrons. The summed E-state index contributed by atoms with van der Waals surface area (Å²) in [6.07, 6.45) is 4.77. The van der Waals surface area contributed by atoms with Crippen LogP contribution in [-0.2, 0) is 4.74 Å². The zero-order valence-electron chi connectivity index (χ0n) is 10.4. The van der Waals surface area contributed by atoms with Crippen molar-refractivity contribution in [1.82, 2.24) is 4.98 Å². The fourth-order valence-corrected chi connectivity index (χ4v) is 2.33. The lowest BCUT2D eigenvalue weighted by atomic mass is 9.90. The number of rotatable bonds is 4. The summed E-state index contributed by atoms with van der Waals surface area (Å²) in [6.45, 7) is 5.48. The van der Waals surface area contributed by atoms with E-state index < -0.39 is 0 Å². The molecule has 4 heteroatoms. The molecule has 3 unspecified atom stereocenters. The van der Waals surface area contributed by atoms with Gasteiger partial charge in [0.05, 0.1) is 18.9 Å². The van der Waals surface area contributed by atoms with Gasteiger partial charge in [-0.3, -0.25) is 4.98 Å². The van der Waals surface area contributed by atoms with E-state index in [1.807, 2.05) is 19.2 Å². The molecule has 94 valence electrons. The van der Waals surface area contributed by atoms with E-state index in [2.05, 4.69) is 11.9 Å². The van der Waals surface area contributed by atoms with E-state index in [1.54, 1.807) is 6.20 Å². The van der Waals surface area contributed by atoms with Crippen LogP contribution in [0.5, 0.6) is 5.75 Å². The molecule has 0 saturated carbocycles. The SMILES string of the molecule is CCOc1cncc(C(N)C2CCOC2C)c1. The lowest BCUT2D eigenvalue weighted by Crippen LogP contribution is -2.26. The molecule has 0 amide bonds. The molecule has 0 aliphatic carbocycles. The van der Waals surface area contributed by atoms with Gasteiger partial charge in [-0.25, -0.2) is 0 Å². The minimum absolute atomic E-state index is 0.0274. The third-order valence-corrected chi connectivity index (χ3v) is 3.33. The predicted octanol–water partition coefficient (Wildman–Crippen LogP) is 1.91. The molecule has 0 spiro atoms. The van der Waals surface area contributed by atoms with Gasteiger partial charge < -0.3 is 15.2 Å². The van der Waals surface area contributed by atoms with Crippen molar-refractivity contribution in [3.05, 3.63) is 24.0 Å². The molecule has 0 bridgehead atoms. The second kappa shape index (κ2) is 5.47. The van der Waals surface area contributed by atoms with Gasteiger partial charge in [0.1, 0.15) is 5.75 Å². The first-order valence-corrected chi connectivity index (χ1v) is 6.17. The van der Waals surface area contributed by atoms with Crippen LogP contribution in [0.4, 0.5) is 0 Å². The quantitative estimate of drug-likeness (QED) is 0.867. The molecule has 3 atom stereocenters. The highest BCUT2D eigenvalue weighted by atomic mass is 16.5. The lowest BCUT2D eigenvalue weighted by molar-refractivity contribution is 0.0994. The topological polar surface area (TPSA) is 57.4 Å². The Hall–Kier alpha value is -1.13. The van der Waals surface area contributed by atoms with Crippen molar-refractivity contribution >= 4 is 0 Å². The minimum Gasteiger partial charge on any atom is -0.492 e. The van der Waals surface area contributed by atoms with Crippen molar-refractivity contribution in [3.63, 3.8) is 0 Å². The van der Waals surface area contributed by atoms with Crippen molar-refractivity contribution in [1.29, 1.82) is 0 Å². The maximum atomic E-state index is 6.28. The van der Waals surface area contributed by atoms with E-state index in [0.29, 0.717) is 12.5 Å². The number of ether oxygens (including phenoxy) is 2. The van der Waals surface area contributed by atoms with Gasteiger partial charge in [-0.1, -0.05) is 0 Å². The maximum absolute atomic E-state index is 6.28. The highest BCUT2D eigenvalue weighted by Gasteiger charge is 2.30. The van der Waals surface area contributed by atoms with E-state index in [1.165, 1.54) is 0 Å². The summed E-state index contributed by atoms with van der Waals surface area (Å²) >= 11 is 0. The number of hydrogen-bond donors (Lipinski definition) is 1. The first-order chi connectivity index (χ1) is 8.22. The van der Waals surface area contributed by atoms with Gasteiger partial charge in [0, 0.05) is 24.8 Å². The van der Waals surface area contributed by atoms with Crippen LogP contribution in [0, 0.1) is 5.92 Å². The third-order valence-electron chi connectivity index (χ3n) is 3.33. The van der Waals surface area contributed by atoms with Crippen LogP contribution in [0.1, 0.15) is 31.9 Å². The standard InChI is InChI=1S/C13H20N2O2/c1-3-16-11-6-10(7-15-8-11)13(14)12-4-5-17-9(12)2/h6-9,12-13H,3-5,14H2,1-2H3. The van der Waals surface area contributed by atoms with Crippen molar-refractivity contribution in [2.75, 3.05) is 13.2 Å². The Balaban J connectivity index is 2.12. The Kier molecular flexibility index (Phi) is 3.97. The fourth-order valence-electron chi connectivity index (χ4n) is 2.33. The lowest BCUT2D eigenvalue weighted by Gasteiger charge is -2.22. The zero-order chi connectivity index (χ0) is 12.3. The highest BCUT2D eigenvalue weighted by molar-refractivity contribution is 5.26. The molecule has 17 heavy (non-hydrogen) atoms. The molecule has 0 aromatic carbocycles. The van der Waals surface area contributed by atoms with Crippen LogP contribution >= 0.6 is 0 Å². The van der Waals surface area contributed by atoms with Gasteiger partial charge in [-0.05, 0) is 31.9 Å². The number of nitrogens with zero attached hydrogens (tertiary/aromatic N) is 1. The molecule has 2 N–H and O–H groups in total. The van der Waals surface area contributed by atoms with Gasteiger partial charge in [0.25, 0.3) is 0 Å². The molecule has 1 fully saturated rings. The number of nitrogens with two attached hydrogens (primary N) is 1. The Labute approximate surface area is 102 Å². The second-order valence-electron chi connectivity index (χ2n) is 4.44. The van der Waals surface area contributed by atoms with E-state index in [4.69, 9.17) is 15.2 Å². The van der Waals surface area contributed by atoms with Crippen LogP contribution in [0.3, 0.4) is 0 Å². The average molecular weight is 236 g/mol. The predicted molar refractivity (Wildman–Crippen MR) is 65.9 cm³/mol. The number of hydrogen-bond acceptors (Lipinski definition) is 4. The van der Waals surface area contributed by atoms with Crippen LogP contribution in [0.2, 0.25) is 0 Å². The van der Waals surface area contributed by atoms with Crippen LogP contribution in [-0.4, -0.2) is 24.3 Å². The highest BCUT2D eigenvalue weighted by Crippen LogP contribution is 2.32. The second-order valence-corrected chi connectivity index (χ2v) is 4.44.